The largest absolute Gasteiger partial charge is 0.481 e. The van der Waals surface area contributed by atoms with Crippen molar-refractivity contribution in [3.05, 3.63) is 12.2 Å². The fourth-order valence-electron chi connectivity index (χ4n) is 2.55. The molecule has 3 heteroatoms. The highest BCUT2D eigenvalue weighted by Crippen LogP contribution is 2.11. The second kappa shape index (κ2) is 16.5. The highest BCUT2D eigenvalue weighted by atomic mass is 16.4. The van der Waals surface area contributed by atoms with Gasteiger partial charge in [-0.25, -0.2) is 0 Å². The Morgan fingerprint density at radius 1 is 0.909 bits per heavy atom. The average molecular weight is 312 g/mol. The number of allylic oxidation sites excluding steroid dienone is 1. The van der Waals surface area contributed by atoms with Gasteiger partial charge in [0, 0.05) is 6.42 Å². The van der Waals surface area contributed by atoms with Crippen molar-refractivity contribution >= 4 is 5.97 Å². The molecule has 0 aliphatic carbocycles. The van der Waals surface area contributed by atoms with E-state index < -0.39 is 5.97 Å². The number of carboxylic acids is 1. The lowest BCUT2D eigenvalue weighted by Crippen LogP contribution is -2.01. The van der Waals surface area contributed by atoms with Crippen LogP contribution in [0.4, 0.5) is 0 Å². The van der Waals surface area contributed by atoms with Crippen LogP contribution in [-0.2, 0) is 4.79 Å². The molecular weight excluding hydrogens is 276 g/mol. The zero-order chi connectivity index (χ0) is 16.5. The van der Waals surface area contributed by atoms with E-state index in [1.807, 2.05) is 12.2 Å². The normalized spacial score (nSPS) is 12.8. The Bertz CT molecular complexity index is 274. The Morgan fingerprint density at radius 3 is 2.14 bits per heavy atom. The molecular formula is C19H36O3. The van der Waals surface area contributed by atoms with Gasteiger partial charge in [0.15, 0.2) is 0 Å². The number of aliphatic carboxylic acids is 1. The Morgan fingerprint density at radius 2 is 1.50 bits per heavy atom. The van der Waals surface area contributed by atoms with Gasteiger partial charge in [0.25, 0.3) is 0 Å². The van der Waals surface area contributed by atoms with Gasteiger partial charge in [0.2, 0.25) is 0 Å². The molecule has 1 atom stereocenters. The maximum Gasteiger partial charge on any atom is 0.303 e. The molecule has 0 aromatic rings. The van der Waals surface area contributed by atoms with E-state index in [-0.39, 0.29) is 12.5 Å². The lowest BCUT2D eigenvalue weighted by atomic mass is 10.1. The van der Waals surface area contributed by atoms with E-state index >= 15 is 0 Å². The Kier molecular flexibility index (Phi) is 15.9. The molecule has 0 aliphatic heterocycles. The van der Waals surface area contributed by atoms with Gasteiger partial charge in [-0.15, -0.1) is 0 Å². The molecule has 0 radical (unpaired) electrons. The molecule has 0 aromatic heterocycles. The number of rotatable bonds is 16. The smallest absolute Gasteiger partial charge is 0.303 e. The molecule has 0 rings (SSSR count). The molecule has 0 saturated heterocycles. The minimum Gasteiger partial charge on any atom is -0.481 e. The summed E-state index contributed by atoms with van der Waals surface area (Å²) in [6.07, 6.45) is 18.8. The van der Waals surface area contributed by atoms with Crippen molar-refractivity contribution in [2.45, 2.75) is 103 Å². The predicted octanol–water partition coefficient (Wildman–Crippen LogP) is 5.47. The average Bonchev–Trinajstić information content (AvgIpc) is 2.48. The first kappa shape index (κ1) is 21.2. The summed E-state index contributed by atoms with van der Waals surface area (Å²) in [6, 6.07) is 0. The minimum atomic E-state index is -0.712. The summed E-state index contributed by atoms with van der Waals surface area (Å²) in [5, 5.41) is 18.3. The highest BCUT2D eigenvalue weighted by Gasteiger charge is 1.99. The van der Waals surface area contributed by atoms with Crippen molar-refractivity contribution in [1.82, 2.24) is 0 Å². The number of hydrogen-bond donors (Lipinski definition) is 2. The maximum absolute atomic E-state index is 10.3. The molecule has 0 aliphatic rings. The van der Waals surface area contributed by atoms with E-state index in [0.29, 0.717) is 0 Å². The Balaban J connectivity index is 3.29. The van der Waals surface area contributed by atoms with E-state index in [9.17, 15) is 9.90 Å². The fraction of sp³-hybridized carbons (Fsp3) is 0.842. The van der Waals surface area contributed by atoms with Gasteiger partial charge in [-0.3, -0.25) is 4.79 Å². The van der Waals surface area contributed by atoms with E-state index in [4.69, 9.17) is 5.11 Å². The van der Waals surface area contributed by atoms with E-state index in [0.717, 1.165) is 38.5 Å². The van der Waals surface area contributed by atoms with E-state index in [1.165, 1.54) is 44.9 Å². The molecule has 0 amide bonds. The van der Waals surface area contributed by atoms with Crippen LogP contribution in [0.25, 0.3) is 0 Å². The fourth-order valence-corrected chi connectivity index (χ4v) is 2.55. The predicted molar refractivity (Wildman–Crippen MR) is 93.1 cm³/mol. The van der Waals surface area contributed by atoms with Gasteiger partial charge in [0.1, 0.15) is 0 Å². The molecule has 1 unspecified atom stereocenters. The molecule has 130 valence electrons. The first-order valence-corrected chi connectivity index (χ1v) is 9.23. The third kappa shape index (κ3) is 17.2. The monoisotopic (exact) mass is 312 g/mol. The van der Waals surface area contributed by atoms with E-state index in [1.54, 1.807) is 0 Å². The summed E-state index contributed by atoms with van der Waals surface area (Å²) in [7, 11) is 0. The van der Waals surface area contributed by atoms with Crippen LogP contribution in [0.2, 0.25) is 0 Å². The Hall–Kier alpha value is -0.830. The molecule has 3 nitrogen and oxygen atoms in total. The van der Waals surface area contributed by atoms with Gasteiger partial charge in [-0.1, -0.05) is 76.9 Å². The number of aliphatic hydroxyl groups excluding tert-OH is 1. The third-order valence-corrected chi connectivity index (χ3v) is 3.97. The van der Waals surface area contributed by atoms with Crippen molar-refractivity contribution in [2.75, 3.05) is 0 Å². The van der Waals surface area contributed by atoms with Crippen LogP contribution >= 0.6 is 0 Å². The topological polar surface area (TPSA) is 57.5 Å². The second-order valence-corrected chi connectivity index (χ2v) is 6.25. The van der Waals surface area contributed by atoms with Crippen LogP contribution in [0.5, 0.6) is 0 Å². The molecule has 0 bridgehead atoms. The van der Waals surface area contributed by atoms with Gasteiger partial charge in [-0.05, 0) is 25.7 Å². The Labute approximate surface area is 136 Å². The first-order valence-electron chi connectivity index (χ1n) is 9.23. The summed E-state index contributed by atoms with van der Waals surface area (Å²) < 4.78 is 0. The third-order valence-electron chi connectivity index (χ3n) is 3.97. The lowest BCUT2D eigenvalue weighted by Gasteiger charge is -2.05. The number of carboxylic acid groups (broad SMARTS) is 1. The standard InChI is InChI=1S/C19H36O3/c1-2-3-4-5-6-7-9-12-15-18(20)16-13-10-8-11-14-17-19(21)22/h13,16,18,20H,2-12,14-15,17H2,1H3,(H,21,22)/b16-13+. The number of hydrogen-bond acceptors (Lipinski definition) is 2. The molecule has 2 N–H and O–H groups in total. The van der Waals surface area contributed by atoms with Crippen molar-refractivity contribution < 1.29 is 15.0 Å². The van der Waals surface area contributed by atoms with Crippen LogP contribution in [-0.4, -0.2) is 22.3 Å². The van der Waals surface area contributed by atoms with Crippen molar-refractivity contribution in [1.29, 1.82) is 0 Å². The van der Waals surface area contributed by atoms with Gasteiger partial charge in [-0.2, -0.15) is 0 Å². The van der Waals surface area contributed by atoms with Crippen LogP contribution in [0.3, 0.4) is 0 Å². The number of aliphatic hydroxyl groups is 1. The van der Waals surface area contributed by atoms with Crippen LogP contribution in [0, 0.1) is 0 Å². The van der Waals surface area contributed by atoms with Crippen LogP contribution < -0.4 is 0 Å². The molecule has 0 saturated carbocycles. The quantitative estimate of drug-likeness (QED) is 0.293. The summed E-state index contributed by atoms with van der Waals surface area (Å²) in [4.78, 5) is 10.3. The van der Waals surface area contributed by atoms with Crippen molar-refractivity contribution in [3.63, 3.8) is 0 Å². The summed E-state index contributed by atoms with van der Waals surface area (Å²) >= 11 is 0. The van der Waals surface area contributed by atoms with Crippen molar-refractivity contribution in [3.8, 4) is 0 Å². The SMILES string of the molecule is CCCCCCCCCCC(O)/C=C/CCCCCC(=O)O. The zero-order valence-corrected chi connectivity index (χ0v) is 14.4. The van der Waals surface area contributed by atoms with Crippen LogP contribution in [0.15, 0.2) is 12.2 Å². The van der Waals surface area contributed by atoms with Gasteiger partial charge in [0.05, 0.1) is 6.10 Å². The molecule has 22 heavy (non-hydrogen) atoms. The number of unbranched alkanes of at least 4 members (excludes halogenated alkanes) is 10. The molecule has 0 heterocycles. The molecule has 0 aromatic carbocycles. The summed E-state index contributed by atoms with van der Waals surface area (Å²) in [6.45, 7) is 2.24. The zero-order valence-electron chi connectivity index (χ0n) is 14.4. The summed E-state index contributed by atoms with van der Waals surface area (Å²) in [5.74, 6) is -0.712. The molecule has 0 spiro atoms. The highest BCUT2D eigenvalue weighted by molar-refractivity contribution is 5.66. The van der Waals surface area contributed by atoms with Gasteiger partial charge < -0.3 is 10.2 Å². The lowest BCUT2D eigenvalue weighted by molar-refractivity contribution is -0.137. The van der Waals surface area contributed by atoms with E-state index in [2.05, 4.69) is 6.92 Å². The maximum atomic E-state index is 10.3. The minimum absolute atomic E-state index is 0.269. The summed E-state index contributed by atoms with van der Waals surface area (Å²) in [5.41, 5.74) is 0. The van der Waals surface area contributed by atoms with Crippen molar-refractivity contribution in [2.24, 2.45) is 0 Å². The molecule has 0 fully saturated rings. The first-order chi connectivity index (χ1) is 10.7. The number of carbonyl (C=O) groups is 1. The second-order valence-electron chi connectivity index (χ2n) is 6.25. The van der Waals surface area contributed by atoms with Gasteiger partial charge >= 0.3 is 5.97 Å². The van der Waals surface area contributed by atoms with Crippen LogP contribution in [0.1, 0.15) is 96.8 Å².